The Kier molecular flexibility index (Phi) is 8.69. The normalized spacial score (nSPS) is 22.5. The summed E-state index contributed by atoms with van der Waals surface area (Å²) in [6.45, 7) is 4.87. The largest absolute Gasteiger partial charge is 0.490 e. The van der Waals surface area contributed by atoms with Gasteiger partial charge in [-0.15, -0.1) is 0 Å². The summed E-state index contributed by atoms with van der Waals surface area (Å²) in [7, 11) is 1.46. The predicted molar refractivity (Wildman–Crippen MR) is 139 cm³/mol. The summed E-state index contributed by atoms with van der Waals surface area (Å²) in [4.78, 5) is 18.5. The predicted octanol–water partition coefficient (Wildman–Crippen LogP) is 2.07. The zero-order chi connectivity index (χ0) is 26.5. The molecule has 2 heterocycles. The number of β-amino-alcohol motifs (C(OH)–C–C–N with tert-alkyl or cyclic N) is 2. The van der Waals surface area contributed by atoms with Gasteiger partial charge in [-0.1, -0.05) is 23.8 Å². The number of anilines is 1. The molecule has 37 heavy (non-hydrogen) atoms. The quantitative estimate of drug-likeness (QED) is 0.557. The SMILES string of the molecule is COCC(=O)N1CCN(CC2(O)CCN(c3ccc(C)cc3)CC2)C[C@](O)(COc2cccc(F)c2)C1. The highest BCUT2D eigenvalue weighted by atomic mass is 19.1. The smallest absolute Gasteiger partial charge is 0.248 e. The van der Waals surface area contributed by atoms with E-state index >= 15 is 0 Å². The van der Waals surface area contributed by atoms with Crippen LogP contribution in [0.2, 0.25) is 0 Å². The average Bonchev–Trinajstić information content (AvgIpc) is 3.03. The van der Waals surface area contributed by atoms with Crippen LogP contribution in [0.1, 0.15) is 18.4 Å². The van der Waals surface area contributed by atoms with Crippen molar-refractivity contribution in [1.29, 1.82) is 0 Å². The van der Waals surface area contributed by atoms with Crippen molar-refractivity contribution in [3.05, 3.63) is 59.9 Å². The fourth-order valence-corrected chi connectivity index (χ4v) is 5.18. The van der Waals surface area contributed by atoms with Crippen molar-refractivity contribution >= 4 is 11.6 Å². The second-order valence-corrected chi connectivity index (χ2v) is 10.5. The molecule has 2 fully saturated rings. The minimum absolute atomic E-state index is 0.0562. The lowest BCUT2D eigenvalue weighted by Gasteiger charge is -2.42. The van der Waals surface area contributed by atoms with Gasteiger partial charge in [0.1, 0.15) is 30.4 Å². The highest BCUT2D eigenvalue weighted by molar-refractivity contribution is 5.77. The molecule has 2 aromatic carbocycles. The highest BCUT2D eigenvalue weighted by Gasteiger charge is 2.41. The van der Waals surface area contributed by atoms with Crippen LogP contribution in [-0.4, -0.2) is 103 Å². The van der Waals surface area contributed by atoms with Gasteiger partial charge in [0.05, 0.1) is 12.1 Å². The van der Waals surface area contributed by atoms with E-state index < -0.39 is 17.0 Å². The number of carbonyl (C=O) groups excluding carboxylic acids is 1. The van der Waals surface area contributed by atoms with Gasteiger partial charge < -0.3 is 29.5 Å². The Morgan fingerprint density at radius 3 is 2.41 bits per heavy atom. The molecule has 0 spiro atoms. The zero-order valence-corrected chi connectivity index (χ0v) is 21.7. The molecule has 2 aliphatic rings. The van der Waals surface area contributed by atoms with Crippen molar-refractivity contribution < 1.29 is 28.9 Å². The molecule has 2 aliphatic heterocycles. The Bertz CT molecular complexity index is 1040. The van der Waals surface area contributed by atoms with Gasteiger partial charge in [0, 0.05) is 58.1 Å². The number of aliphatic hydroxyl groups is 2. The van der Waals surface area contributed by atoms with E-state index in [1.165, 1.54) is 24.8 Å². The van der Waals surface area contributed by atoms with E-state index in [-0.39, 0.29) is 32.2 Å². The summed E-state index contributed by atoms with van der Waals surface area (Å²) >= 11 is 0. The van der Waals surface area contributed by atoms with Crippen molar-refractivity contribution in [1.82, 2.24) is 9.80 Å². The third-order valence-corrected chi connectivity index (χ3v) is 7.22. The molecule has 0 aromatic heterocycles. The van der Waals surface area contributed by atoms with Crippen LogP contribution in [0.25, 0.3) is 0 Å². The van der Waals surface area contributed by atoms with Crippen LogP contribution in [0, 0.1) is 12.7 Å². The lowest BCUT2D eigenvalue weighted by atomic mass is 9.90. The molecular formula is C28H38FN3O5. The molecule has 202 valence electrons. The molecule has 9 heteroatoms. The molecule has 2 N–H and O–H groups in total. The van der Waals surface area contributed by atoms with E-state index in [1.807, 2.05) is 4.90 Å². The number of carbonyl (C=O) groups is 1. The minimum atomic E-state index is -1.41. The van der Waals surface area contributed by atoms with Gasteiger partial charge in [-0.2, -0.15) is 0 Å². The number of halogens is 1. The summed E-state index contributed by atoms with van der Waals surface area (Å²) in [5.41, 5.74) is 0.0477. The van der Waals surface area contributed by atoms with Gasteiger partial charge in [0.2, 0.25) is 5.91 Å². The maximum Gasteiger partial charge on any atom is 0.248 e. The molecule has 0 aliphatic carbocycles. The maximum atomic E-state index is 13.6. The first-order chi connectivity index (χ1) is 17.7. The first-order valence-electron chi connectivity index (χ1n) is 12.8. The van der Waals surface area contributed by atoms with E-state index in [4.69, 9.17) is 9.47 Å². The summed E-state index contributed by atoms with van der Waals surface area (Å²) in [6.07, 6.45) is 1.20. The molecule has 0 saturated carbocycles. The molecule has 0 radical (unpaired) electrons. The number of amides is 1. The number of rotatable bonds is 8. The Labute approximate surface area is 218 Å². The molecule has 2 saturated heterocycles. The van der Waals surface area contributed by atoms with Crippen LogP contribution in [0.3, 0.4) is 0 Å². The highest BCUT2D eigenvalue weighted by Crippen LogP contribution is 2.29. The summed E-state index contributed by atoms with van der Waals surface area (Å²) in [5.74, 6) is -0.345. The number of nitrogens with zero attached hydrogens (tertiary/aromatic N) is 3. The summed E-state index contributed by atoms with van der Waals surface area (Å²) in [6, 6.07) is 14.2. The molecule has 0 bridgehead atoms. The summed E-state index contributed by atoms with van der Waals surface area (Å²) in [5, 5.41) is 23.1. The van der Waals surface area contributed by atoms with Crippen LogP contribution in [-0.2, 0) is 9.53 Å². The first kappa shape index (κ1) is 27.3. The van der Waals surface area contributed by atoms with Crippen molar-refractivity contribution in [2.45, 2.75) is 31.0 Å². The Balaban J connectivity index is 1.42. The van der Waals surface area contributed by atoms with E-state index in [2.05, 4.69) is 36.1 Å². The number of benzene rings is 2. The fourth-order valence-electron chi connectivity index (χ4n) is 5.18. The molecule has 8 nitrogen and oxygen atoms in total. The van der Waals surface area contributed by atoms with Gasteiger partial charge >= 0.3 is 0 Å². The Morgan fingerprint density at radius 1 is 1.00 bits per heavy atom. The van der Waals surface area contributed by atoms with E-state index in [1.54, 1.807) is 17.0 Å². The van der Waals surface area contributed by atoms with Gasteiger partial charge in [-0.05, 0) is 44.0 Å². The van der Waals surface area contributed by atoms with Crippen molar-refractivity contribution in [2.75, 3.05) is 71.0 Å². The lowest BCUT2D eigenvalue weighted by Crippen LogP contribution is -2.56. The topological polar surface area (TPSA) is 85.7 Å². The van der Waals surface area contributed by atoms with E-state index in [0.717, 1.165) is 18.8 Å². The zero-order valence-electron chi connectivity index (χ0n) is 21.7. The lowest BCUT2D eigenvalue weighted by molar-refractivity contribution is -0.138. The monoisotopic (exact) mass is 515 g/mol. The minimum Gasteiger partial charge on any atom is -0.490 e. The standard InChI is InChI=1S/C28H38FN3O5/c1-22-6-8-24(9-7-22)31-12-10-27(34,11-13-31)18-30-14-15-32(26(33)17-36-2)20-28(35,19-30)21-37-25-5-3-4-23(29)16-25/h3-9,16,34-35H,10-15,17-21H2,1-2H3/t28-/m1/s1. The molecular weight excluding hydrogens is 477 g/mol. The molecule has 4 rings (SSSR count). The Hall–Kier alpha value is -2.72. The van der Waals surface area contributed by atoms with Crippen LogP contribution in [0.15, 0.2) is 48.5 Å². The van der Waals surface area contributed by atoms with Gasteiger partial charge in [-0.3, -0.25) is 9.69 Å². The average molecular weight is 516 g/mol. The molecule has 1 atom stereocenters. The van der Waals surface area contributed by atoms with Gasteiger partial charge in [0.15, 0.2) is 0 Å². The van der Waals surface area contributed by atoms with Crippen molar-refractivity contribution in [3.63, 3.8) is 0 Å². The number of methoxy groups -OCH3 is 1. The van der Waals surface area contributed by atoms with Crippen molar-refractivity contribution in [3.8, 4) is 5.75 Å². The second kappa shape index (κ2) is 11.8. The maximum absolute atomic E-state index is 13.6. The third-order valence-electron chi connectivity index (χ3n) is 7.22. The van der Waals surface area contributed by atoms with Crippen molar-refractivity contribution in [2.24, 2.45) is 0 Å². The van der Waals surface area contributed by atoms with E-state index in [0.29, 0.717) is 38.2 Å². The summed E-state index contributed by atoms with van der Waals surface area (Å²) < 4.78 is 24.4. The van der Waals surface area contributed by atoms with Gasteiger partial charge in [0.25, 0.3) is 0 Å². The second-order valence-electron chi connectivity index (χ2n) is 10.5. The Morgan fingerprint density at radius 2 is 1.73 bits per heavy atom. The van der Waals surface area contributed by atoms with Gasteiger partial charge in [-0.25, -0.2) is 4.39 Å². The number of aryl methyl sites for hydroxylation is 1. The van der Waals surface area contributed by atoms with E-state index in [9.17, 15) is 19.4 Å². The number of piperidine rings is 1. The van der Waals surface area contributed by atoms with Crippen LogP contribution in [0.4, 0.5) is 10.1 Å². The van der Waals surface area contributed by atoms with Crippen LogP contribution in [0.5, 0.6) is 5.75 Å². The number of hydrogen-bond acceptors (Lipinski definition) is 7. The molecule has 1 amide bonds. The van der Waals surface area contributed by atoms with Crippen LogP contribution < -0.4 is 9.64 Å². The first-order valence-corrected chi connectivity index (χ1v) is 12.8. The number of ether oxygens (including phenoxy) is 2. The molecule has 2 aromatic rings. The molecule has 0 unspecified atom stereocenters. The number of hydrogen-bond donors (Lipinski definition) is 2. The fraction of sp³-hybridized carbons (Fsp3) is 0.536. The van der Waals surface area contributed by atoms with Crippen LogP contribution >= 0.6 is 0 Å². The third kappa shape index (κ3) is 7.41.